The van der Waals surface area contributed by atoms with Gasteiger partial charge in [-0.05, 0) is 43.5 Å². The van der Waals surface area contributed by atoms with E-state index in [2.05, 4.69) is 15.3 Å². The quantitative estimate of drug-likeness (QED) is 0.284. The van der Waals surface area contributed by atoms with Crippen LogP contribution in [0.1, 0.15) is 36.0 Å². The van der Waals surface area contributed by atoms with Crippen LogP contribution in [0.25, 0.3) is 10.9 Å². The maximum absolute atomic E-state index is 12.6. The Morgan fingerprint density at radius 1 is 1.16 bits per heavy atom. The number of carbonyl (C=O) groups excluding carboxylic acids is 2. The van der Waals surface area contributed by atoms with E-state index in [1.165, 1.54) is 0 Å². The monoisotopic (exact) mass is 435 g/mol. The summed E-state index contributed by atoms with van der Waals surface area (Å²) in [6.07, 6.45) is 2.58. The fraction of sp³-hybridized carbons (Fsp3) is 0.304. The zero-order valence-corrected chi connectivity index (χ0v) is 17.6. The third kappa shape index (κ3) is 4.94. The predicted octanol–water partition coefficient (Wildman–Crippen LogP) is 2.65. The fourth-order valence-electron chi connectivity index (χ4n) is 3.63. The van der Waals surface area contributed by atoms with E-state index in [0.29, 0.717) is 48.4 Å². The van der Waals surface area contributed by atoms with Crippen LogP contribution in [0.4, 0.5) is 5.82 Å². The Kier molecular flexibility index (Phi) is 6.76. The van der Waals surface area contributed by atoms with Crippen molar-refractivity contribution in [1.82, 2.24) is 15.0 Å². The highest BCUT2D eigenvalue weighted by Gasteiger charge is 2.16. The van der Waals surface area contributed by atoms with Crippen molar-refractivity contribution >= 4 is 28.5 Å². The van der Waals surface area contributed by atoms with E-state index < -0.39 is 0 Å². The average Bonchev–Trinajstić information content (AvgIpc) is 3.32. The molecular formula is C23H25N5O4. The van der Waals surface area contributed by atoms with Gasteiger partial charge >= 0.3 is 0 Å². The Hall–Kier alpha value is -3.72. The molecule has 3 aromatic rings. The Bertz CT molecular complexity index is 1190. The van der Waals surface area contributed by atoms with Gasteiger partial charge in [-0.2, -0.15) is 4.99 Å². The van der Waals surface area contributed by atoms with E-state index in [-0.39, 0.29) is 11.8 Å². The van der Waals surface area contributed by atoms with Crippen molar-refractivity contribution in [1.29, 1.82) is 0 Å². The van der Waals surface area contributed by atoms with Gasteiger partial charge < -0.3 is 10.1 Å². The smallest absolute Gasteiger partial charge is 0.280 e. The number of unbranched alkanes of at least 4 members (excludes halogenated alkanes) is 2. The molecule has 0 fully saturated rings. The Labute approximate surface area is 184 Å². The second-order valence-corrected chi connectivity index (χ2v) is 7.49. The minimum atomic E-state index is -0.377. The number of nitrogens with one attached hydrogen (secondary N) is 2. The first-order valence-corrected chi connectivity index (χ1v) is 10.6. The number of hydrogen-bond donors (Lipinski definition) is 3. The minimum Gasteiger partial charge on any atom is -0.494 e. The lowest BCUT2D eigenvalue weighted by atomic mass is 10.2. The lowest BCUT2D eigenvalue weighted by Crippen LogP contribution is -2.24. The van der Waals surface area contributed by atoms with Crippen molar-refractivity contribution in [2.24, 2.45) is 4.99 Å². The number of hydrogen-bond acceptors (Lipinski definition) is 6. The SMILES string of the molecule is O=C(CCCCCOc1ccc2c3n(c(=NC(=O)c4ccccc4)nc2c1)CCN3)NO. The van der Waals surface area contributed by atoms with Gasteiger partial charge in [-0.3, -0.25) is 19.4 Å². The molecule has 0 saturated carbocycles. The van der Waals surface area contributed by atoms with Crippen LogP contribution in [0.2, 0.25) is 0 Å². The second-order valence-electron chi connectivity index (χ2n) is 7.49. The van der Waals surface area contributed by atoms with Crippen molar-refractivity contribution in [2.75, 3.05) is 18.5 Å². The van der Waals surface area contributed by atoms with E-state index in [4.69, 9.17) is 9.94 Å². The number of carbonyl (C=O) groups is 2. The molecular weight excluding hydrogens is 410 g/mol. The first kappa shape index (κ1) is 21.5. The maximum atomic E-state index is 12.6. The van der Waals surface area contributed by atoms with E-state index in [0.717, 1.165) is 30.6 Å². The summed E-state index contributed by atoms with van der Waals surface area (Å²) >= 11 is 0. The summed E-state index contributed by atoms with van der Waals surface area (Å²) in [5.74, 6) is 0.864. The van der Waals surface area contributed by atoms with E-state index in [1.807, 2.05) is 28.8 Å². The van der Waals surface area contributed by atoms with Crippen molar-refractivity contribution in [3.05, 3.63) is 59.7 Å². The zero-order valence-electron chi connectivity index (χ0n) is 17.6. The number of amides is 2. The average molecular weight is 435 g/mol. The third-order valence-corrected chi connectivity index (χ3v) is 5.25. The van der Waals surface area contributed by atoms with Crippen LogP contribution in [0.3, 0.4) is 0 Å². The highest BCUT2D eigenvalue weighted by atomic mass is 16.5. The van der Waals surface area contributed by atoms with E-state index in [9.17, 15) is 9.59 Å². The Morgan fingerprint density at radius 3 is 2.81 bits per heavy atom. The molecule has 0 atom stereocenters. The van der Waals surface area contributed by atoms with Gasteiger partial charge in [-0.1, -0.05) is 18.2 Å². The second kappa shape index (κ2) is 10.1. The van der Waals surface area contributed by atoms with Gasteiger partial charge in [0, 0.05) is 36.5 Å². The summed E-state index contributed by atoms with van der Waals surface area (Å²) in [6, 6.07) is 14.6. The molecule has 9 heteroatoms. The third-order valence-electron chi connectivity index (χ3n) is 5.25. The first-order chi connectivity index (χ1) is 15.7. The molecule has 2 heterocycles. The number of nitrogens with zero attached hydrogens (tertiary/aromatic N) is 3. The predicted molar refractivity (Wildman–Crippen MR) is 118 cm³/mol. The summed E-state index contributed by atoms with van der Waals surface area (Å²) in [4.78, 5) is 32.5. The highest BCUT2D eigenvalue weighted by Crippen LogP contribution is 2.26. The molecule has 0 radical (unpaired) electrons. The molecule has 1 aliphatic rings. The lowest BCUT2D eigenvalue weighted by molar-refractivity contribution is -0.129. The number of hydroxylamine groups is 1. The molecule has 9 nitrogen and oxygen atoms in total. The molecule has 0 bridgehead atoms. The summed E-state index contributed by atoms with van der Waals surface area (Å²) < 4.78 is 7.77. The van der Waals surface area contributed by atoms with Gasteiger partial charge in [0.1, 0.15) is 11.6 Å². The molecule has 0 unspecified atom stereocenters. The number of fused-ring (bicyclic) bond motifs is 3. The Morgan fingerprint density at radius 2 is 2.00 bits per heavy atom. The van der Waals surface area contributed by atoms with E-state index in [1.54, 1.807) is 29.7 Å². The van der Waals surface area contributed by atoms with Crippen molar-refractivity contribution < 1.29 is 19.5 Å². The van der Waals surface area contributed by atoms with Gasteiger partial charge in [-0.15, -0.1) is 0 Å². The molecule has 2 aromatic carbocycles. The standard InChI is InChI=1S/C23H25N5O4/c29-20(27-31)9-5-2-6-14-32-17-10-11-18-19(15-17)25-23(28-13-12-24-21(18)28)26-22(30)16-7-3-1-4-8-16/h1,3-4,7-8,10-11,15,24,31H,2,5-6,9,12-14H2,(H,27,29). The minimum absolute atomic E-state index is 0.292. The number of benzene rings is 2. The molecule has 32 heavy (non-hydrogen) atoms. The fourth-order valence-corrected chi connectivity index (χ4v) is 3.63. The molecule has 0 spiro atoms. The van der Waals surface area contributed by atoms with Crippen LogP contribution in [-0.2, 0) is 11.3 Å². The number of anilines is 1. The van der Waals surface area contributed by atoms with Crippen LogP contribution in [0.15, 0.2) is 53.5 Å². The molecule has 166 valence electrons. The molecule has 1 aliphatic heterocycles. The maximum Gasteiger partial charge on any atom is 0.280 e. The molecule has 2 amide bonds. The molecule has 3 N–H and O–H groups in total. The first-order valence-electron chi connectivity index (χ1n) is 10.6. The van der Waals surface area contributed by atoms with Crippen LogP contribution in [0.5, 0.6) is 5.75 Å². The van der Waals surface area contributed by atoms with Gasteiger partial charge in [0.25, 0.3) is 5.91 Å². The molecule has 1 aromatic heterocycles. The van der Waals surface area contributed by atoms with Crippen LogP contribution < -0.4 is 21.2 Å². The molecule has 0 saturated heterocycles. The summed E-state index contributed by atoms with van der Waals surface area (Å²) in [5, 5.41) is 12.8. The normalized spacial score (nSPS) is 13.0. The number of aromatic nitrogens is 2. The zero-order chi connectivity index (χ0) is 22.3. The van der Waals surface area contributed by atoms with Gasteiger partial charge in [0.05, 0.1) is 12.1 Å². The summed E-state index contributed by atoms with van der Waals surface area (Å²) in [7, 11) is 0. The Balaban J connectivity index is 1.52. The van der Waals surface area contributed by atoms with Crippen molar-refractivity contribution in [2.45, 2.75) is 32.2 Å². The molecule has 0 aliphatic carbocycles. The number of rotatable bonds is 8. The van der Waals surface area contributed by atoms with Gasteiger partial charge in [0.15, 0.2) is 0 Å². The van der Waals surface area contributed by atoms with Crippen LogP contribution in [0, 0.1) is 0 Å². The summed E-state index contributed by atoms with van der Waals surface area (Å²) in [5.41, 5.74) is 3.21. The van der Waals surface area contributed by atoms with Crippen molar-refractivity contribution in [3.63, 3.8) is 0 Å². The molecule has 4 rings (SSSR count). The summed E-state index contributed by atoms with van der Waals surface area (Å²) in [6.45, 7) is 1.94. The number of ether oxygens (including phenoxy) is 1. The van der Waals surface area contributed by atoms with E-state index >= 15 is 0 Å². The van der Waals surface area contributed by atoms with Crippen LogP contribution >= 0.6 is 0 Å². The highest BCUT2D eigenvalue weighted by molar-refractivity contribution is 5.95. The van der Waals surface area contributed by atoms with Gasteiger partial charge in [0.2, 0.25) is 11.5 Å². The van der Waals surface area contributed by atoms with Crippen LogP contribution in [-0.4, -0.2) is 39.7 Å². The topological polar surface area (TPSA) is 118 Å². The van der Waals surface area contributed by atoms with Gasteiger partial charge in [-0.25, -0.2) is 10.5 Å². The lowest BCUT2D eigenvalue weighted by Gasteiger charge is -2.10. The largest absolute Gasteiger partial charge is 0.494 e. The van der Waals surface area contributed by atoms with Crippen molar-refractivity contribution in [3.8, 4) is 5.75 Å².